The Morgan fingerprint density at radius 1 is 1.71 bits per heavy atom. The van der Waals surface area contributed by atoms with Gasteiger partial charge in [0.05, 0.1) is 17.3 Å². The highest BCUT2D eigenvalue weighted by molar-refractivity contribution is 6.30. The highest BCUT2D eigenvalue weighted by Gasteiger charge is 2.09. The zero-order chi connectivity index (χ0) is 10.6. The minimum Gasteiger partial charge on any atom is -0.383 e. The van der Waals surface area contributed by atoms with Crippen molar-refractivity contribution >= 4 is 11.6 Å². The molecule has 0 saturated carbocycles. The van der Waals surface area contributed by atoms with Crippen LogP contribution in [-0.2, 0) is 11.2 Å². The molecule has 78 valence electrons. The average molecular weight is 219 g/mol. The Morgan fingerprint density at radius 3 is 3.00 bits per heavy atom. The molecule has 1 unspecified atom stereocenters. The molecule has 0 radical (unpaired) electrons. The van der Waals surface area contributed by atoms with Gasteiger partial charge in [0.25, 0.3) is 0 Å². The second-order valence-corrected chi connectivity index (χ2v) is 3.44. The summed E-state index contributed by atoms with van der Waals surface area (Å²) in [5.74, 6) is -0.427. The molecule has 0 aliphatic carbocycles. The van der Waals surface area contributed by atoms with E-state index < -0.39 is 5.82 Å². The minimum absolute atomic E-state index is 0.247. The van der Waals surface area contributed by atoms with Crippen LogP contribution in [0, 0.1) is 5.82 Å². The van der Waals surface area contributed by atoms with Gasteiger partial charge in [-0.1, -0.05) is 11.6 Å². The SMILES string of the molecule is COCC(N)Cc1ncc(Cl)cc1F. The Hall–Kier alpha value is -0.710. The molecular weight excluding hydrogens is 207 g/mol. The number of halogens is 2. The van der Waals surface area contributed by atoms with Crippen LogP contribution < -0.4 is 5.73 Å². The molecule has 0 aliphatic rings. The zero-order valence-corrected chi connectivity index (χ0v) is 8.59. The maximum atomic E-state index is 13.2. The molecular formula is C9H12ClFN2O. The quantitative estimate of drug-likeness (QED) is 0.831. The molecule has 0 saturated heterocycles. The molecule has 0 spiro atoms. The van der Waals surface area contributed by atoms with E-state index in [1.165, 1.54) is 12.3 Å². The second-order valence-electron chi connectivity index (χ2n) is 3.00. The molecule has 0 fully saturated rings. The van der Waals surface area contributed by atoms with E-state index in [0.29, 0.717) is 18.7 Å². The second kappa shape index (κ2) is 5.24. The maximum absolute atomic E-state index is 13.2. The first-order valence-electron chi connectivity index (χ1n) is 4.18. The first kappa shape index (κ1) is 11.4. The molecule has 0 amide bonds. The van der Waals surface area contributed by atoms with E-state index >= 15 is 0 Å². The summed E-state index contributed by atoms with van der Waals surface area (Å²) in [5, 5.41) is 0.284. The molecule has 1 rings (SSSR count). The molecule has 5 heteroatoms. The predicted octanol–water partition coefficient (Wildman–Crippen LogP) is 1.39. The molecule has 1 heterocycles. The molecule has 1 atom stereocenters. The zero-order valence-electron chi connectivity index (χ0n) is 7.84. The summed E-state index contributed by atoms with van der Waals surface area (Å²) in [5.41, 5.74) is 5.98. The number of pyridine rings is 1. The van der Waals surface area contributed by atoms with E-state index in [2.05, 4.69) is 4.98 Å². The summed E-state index contributed by atoms with van der Waals surface area (Å²) in [6, 6.07) is 0.979. The van der Waals surface area contributed by atoms with Crippen molar-refractivity contribution in [1.29, 1.82) is 0 Å². The number of methoxy groups -OCH3 is 1. The lowest BCUT2D eigenvalue weighted by Gasteiger charge is -2.09. The molecule has 1 aromatic heterocycles. The molecule has 14 heavy (non-hydrogen) atoms. The number of ether oxygens (including phenoxy) is 1. The van der Waals surface area contributed by atoms with Crippen LogP contribution in [-0.4, -0.2) is 24.7 Å². The fourth-order valence-corrected chi connectivity index (χ4v) is 1.26. The number of rotatable bonds is 4. The summed E-state index contributed by atoms with van der Waals surface area (Å²) in [6.07, 6.45) is 1.75. The van der Waals surface area contributed by atoms with Crippen molar-refractivity contribution in [2.75, 3.05) is 13.7 Å². The average Bonchev–Trinajstić information content (AvgIpc) is 2.10. The van der Waals surface area contributed by atoms with Gasteiger partial charge in [0.2, 0.25) is 0 Å². The normalized spacial score (nSPS) is 12.9. The lowest BCUT2D eigenvalue weighted by Crippen LogP contribution is -2.28. The third-order valence-corrected chi connectivity index (χ3v) is 1.93. The molecule has 2 N–H and O–H groups in total. The Bertz CT molecular complexity index is 309. The number of hydrogen-bond acceptors (Lipinski definition) is 3. The summed E-state index contributed by atoms with van der Waals surface area (Å²) in [6.45, 7) is 0.379. The van der Waals surface area contributed by atoms with Crippen molar-refractivity contribution in [3.05, 3.63) is 28.8 Å². The molecule has 0 bridgehead atoms. The lowest BCUT2D eigenvalue weighted by molar-refractivity contribution is 0.179. The van der Waals surface area contributed by atoms with Gasteiger partial charge >= 0.3 is 0 Å². The lowest BCUT2D eigenvalue weighted by atomic mass is 10.1. The number of nitrogens with zero attached hydrogens (tertiary/aromatic N) is 1. The van der Waals surface area contributed by atoms with E-state index in [0.717, 1.165) is 0 Å². The smallest absolute Gasteiger partial charge is 0.146 e. The monoisotopic (exact) mass is 218 g/mol. The van der Waals surface area contributed by atoms with Crippen LogP contribution in [0.2, 0.25) is 5.02 Å². The first-order chi connectivity index (χ1) is 6.63. The largest absolute Gasteiger partial charge is 0.383 e. The van der Waals surface area contributed by atoms with Gasteiger partial charge in [-0.25, -0.2) is 4.39 Å². The Morgan fingerprint density at radius 2 is 2.43 bits per heavy atom. The third kappa shape index (κ3) is 3.21. The van der Waals surface area contributed by atoms with E-state index in [4.69, 9.17) is 22.1 Å². The van der Waals surface area contributed by atoms with Crippen LogP contribution >= 0.6 is 11.6 Å². The van der Waals surface area contributed by atoms with Crippen molar-refractivity contribution in [3.63, 3.8) is 0 Å². The van der Waals surface area contributed by atoms with Crippen LogP contribution in [0.1, 0.15) is 5.69 Å². The van der Waals surface area contributed by atoms with Crippen molar-refractivity contribution in [3.8, 4) is 0 Å². The number of hydrogen-bond donors (Lipinski definition) is 1. The molecule has 1 aromatic rings. The van der Waals surface area contributed by atoms with Crippen LogP contribution in [0.4, 0.5) is 4.39 Å². The van der Waals surface area contributed by atoms with Crippen LogP contribution in [0.15, 0.2) is 12.3 Å². The fourth-order valence-electron chi connectivity index (χ4n) is 1.11. The van der Waals surface area contributed by atoms with Crippen molar-refractivity contribution in [1.82, 2.24) is 4.98 Å². The topological polar surface area (TPSA) is 48.1 Å². The number of aromatic nitrogens is 1. The third-order valence-electron chi connectivity index (χ3n) is 1.72. The number of nitrogens with two attached hydrogens (primary N) is 1. The van der Waals surface area contributed by atoms with Crippen molar-refractivity contribution in [2.24, 2.45) is 5.73 Å². The van der Waals surface area contributed by atoms with Gasteiger partial charge in [-0.3, -0.25) is 4.98 Å². The van der Waals surface area contributed by atoms with Gasteiger partial charge in [-0.15, -0.1) is 0 Å². The van der Waals surface area contributed by atoms with E-state index in [1.54, 1.807) is 7.11 Å². The first-order valence-corrected chi connectivity index (χ1v) is 4.55. The highest BCUT2D eigenvalue weighted by Crippen LogP contribution is 2.12. The Balaban J connectivity index is 2.67. The van der Waals surface area contributed by atoms with E-state index in [-0.39, 0.29) is 11.1 Å². The van der Waals surface area contributed by atoms with Gasteiger partial charge in [0, 0.05) is 25.8 Å². The van der Waals surface area contributed by atoms with Crippen molar-refractivity contribution in [2.45, 2.75) is 12.5 Å². The summed E-state index contributed by atoms with van der Waals surface area (Å²) in [7, 11) is 1.55. The Kier molecular flexibility index (Phi) is 4.25. The van der Waals surface area contributed by atoms with Crippen molar-refractivity contribution < 1.29 is 9.13 Å². The van der Waals surface area contributed by atoms with Crippen LogP contribution in [0.3, 0.4) is 0 Å². The highest BCUT2D eigenvalue weighted by atomic mass is 35.5. The van der Waals surface area contributed by atoms with Crippen LogP contribution in [0.5, 0.6) is 0 Å². The van der Waals surface area contributed by atoms with Gasteiger partial charge in [-0.05, 0) is 6.07 Å². The van der Waals surface area contributed by atoms with E-state index in [9.17, 15) is 4.39 Å². The molecule has 0 aromatic carbocycles. The Labute approximate surface area is 87.0 Å². The maximum Gasteiger partial charge on any atom is 0.146 e. The van der Waals surface area contributed by atoms with Gasteiger partial charge < -0.3 is 10.5 Å². The standard InChI is InChI=1S/C9H12ClFN2O/c1-14-5-7(12)3-9-8(11)2-6(10)4-13-9/h2,4,7H,3,5,12H2,1H3. The van der Waals surface area contributed by atoms with Gasteiger partial charge in [0.15, 0.2) is 0 Å². The summed E-state index contributed by atoms with van der Waals surface area (Å²) in [4.78, 5) is 3.86. The summed E-state index contributed by atoms with van der Waals surface area (Å²) < 4.78 is 18.0. The van der Waals surface area contributed by atoms with E-state index in [1.807, 2.05) is 0 Å². The molecule has 3 nitrogen and oxygen atoms in total. The van der Waals surface area contributed by atoms with Gasteiger partial charge in [-0.2, -0.15) is 0 Å². The fraction of sp³-hybridized carbons (Fsp3) is 0.444. The van der Waals surface area contributed by atoms with Gasteiger partial charge in [0.1, 0.15) is 5.82 Å². The van der Waals surface area contributed by atoms with Crippen LogP contribution in [0.25, 0.3) is 0 Å². The minimum atomic E-state index is -0.427. The molecule has 0 aliphatic heterocycles. The predicted molar refractivity (Wildman–Crippen MR) is 52.8 cm³/mol. The summed E-state index contributed by atoms with van der Waals surface area (Å²) >= 11 is 5.56.